The van der Waals surface area contributed by atoms with Crippen molar-refractivity contribution in [1.29, 1.82) is 0 Å². The molecule has 5 heterocycles. The van der Waals surface area contributed by atoms with E-state index in [0.29, 0.717) is 82.6 Å². The van der Waals surface area contributed by atoms with Gasteiger partial charge in [0, 0.05) is 41.3 Å². The number of rotatable bonds is 3. The molecule has 0 spiro atoms. The number of alkyl halides is 3. The van der Waals surface area contributed by atoms with E-state index in [-0.39, 0.29) is 5.82 Å². The van der Waals surface area contributed by atoms with Crippen LogP contribution in [0.5, 0.6) is 0 Å². The maximum Gasteiger partial charge on any atom is 0.431 e. The Morgan fingerprint density at radius 2 is 1.86 bits per heavy atom. The molecule has 0 amide bonds. The van der Waals surface area contributed by atoms with Crippen molar-refractivity contribution in [3.8, 4) is 11.4 Å². The molecule has 8 nitrogen and oxygen atoms in total. The number of benzene rings is 1. The Hall–Kier alpha value is -3.99. The van der Waals surface area contributed by atoms with Gasteiger partial charge in [0.1, 0.15) is 11.2 Å². The highest BCUT2D eigenvalue weighted by molar-refractivity contribution is 6.07. The minimum atomic E-state index is -4.52. The maximum atomic E-state index is 13.4. The van der Waals surface area contributed by atoms with E-state index in [4.69, 9.17) is 14.1 Å². The lowest BCUT2D eigenvalue weighted by Gasteiger charge is -2.27. The number of aldehydes is 1. The molecule has 1 fully saturated rings. The SMILES string of the molecule is CC.O=Cc1cnc2oc3c(N4CCOCC4)nc(-c4cccc5[nH]c(C(F)(F)F)cc45)nc3c2c1. The fraction of sp³-hybridized carbons (Fsp3) is 0.280. The predicted molar refractivity (Wildman–Crippen MR) is 129 cm³/mol. The van der Waals surface area contributed by atoms with Gasteiger partial charge in [-0.2, -0.15) is 13.2 Å². The molecule has 0 atom stereocenters. The van der Waals surface area contributed by atoms with Crippen LogP contribution in [0.15, 0.2) is 40.9 Å². The summed E-state index contributed by atoms with van der Waals surface area (Å²) >= 11 is 0. The van der Waals surface area contributed by atoms with Crippen LogP contribution in [0.1, 0.15) is 29.9 Å². The zero-order chi connectivity index (χ0) is 25.4. The molecule has 0 radical (unpaired) electrons. The summed E-state index contributed by atoms with van der Waals surface area (Å²) in [5, 5.41) is 0.872. The van der Waals surface area contributed by atoms with Gasteiger partial charge in [-0.1, -0.05) is 26.0 Å². The number of pyridine rings is 1. The van der Waals surface area contributed by atoms with Gasteiger partial charge in [0.05, 0.1) is 18.6 Å². The molecule has 0 unspecified atom stereocenters. The summed E-state index contributed by atoms with van der Waals surface area (Å²) in [6.45, 7) is 6.11. The summed E-state index contributed by atoms with van der Waals surface area (Å²) in [5.74, 6) is 0.740. The molecule has 36 heavy (non-hydrogen) atoms. The van der Waals surface area contributed by atoms with E-state index >= 15 is 0 Å². The number of H-pyrrole nitrogens is 1. The number of fused-ring (bicyclic) bond motifs is 4. The van der Waals surface area contributed by atoms with Gasteiger partial charge in [0.2, 0.25) is 5.71 Å². The number of hydrogen-bond donors (Lipinski definition) is 1. The zero-order valence-electron chi connectivity index (χ0n) is 19.5. The van der Waals surface area contributed by atoms with Crippen LogP contribution in [0, 0.1) is 0 Å². The van der Waals surface area contributed by atoms with E-state index in [9.17, 15) is 18.0 Å². The first kappa shape index (κ1) is 23.7. The minimum Gasteiger partial charge on any atom is -0.432 e. The summed E-state index contributed by atoms with van der Waals surface area (Å²) in [6.07, 6.45) is -2.44. The van der Waals surface area contributed by atoms with Crippen molar-refractivity contribution in [2.24, 2.45) is 0 Å². The highest BCUT2D eigenvalue weighted by Gasteiger charge is 2.33. The fourth-order valence-electron chi connectivity index (χ4n) is 4.21. The first-order valence-electron chi connectivity index (χ1n) is 11.5. The molecule has 0 bridgehead atoms. The molecule has 1 aliphatic rings. The van der Waals surface area contributed by atoms with Gasteiger partial charge < -0.3 is 19.0 Å². The van der Waals surface area contributed by atoms with Crippen LogP contribution in [0.3, 0.4) is 0 Å². The highest BCUT2D eigenvalue weighted by Crippen LogP contribution is 2.38. The molecule has 11 heteroatoms. The lowest BCUT2D eigenvalue weighted by molar-refractivity contribution is -0.140. The number of aromatic nitrogens is 4. The van der Waals surface area contributed by atoms with Crippen LogP contribution in [-0.2, 0) is 10.9 Å². The van der Waals surface area contributed by atoms with E-state index in [1.54, 1.807) is 24.3 Å². The van der Waals surface area contributed by atoms with Gasteiger partial charge in [-0.25, -0.2) is 15.0 Å². The van der Waals surface area contributed by atoms with Crippen molar-refractivity contribution >= 4 is 45.2 Å². The van der Waals surface area contributed by atoms with Crippen LogP contribution in [0.25, 0.3) is 44.5 Å². The topological polar surface area (TPSA) is 97.1 Å². The van der Waals surface area contributed by atoms with Gasteiger partial charge in [0.15, 0.2) is 23.5 Å². The Bertz CT molecular complexity index is 1570. The van der Waals surface area contributed by atoms with Crippen molar-refractivity contribution in [2.75, 3.05) is 31.2 Å². The van der Waals surface area contributed by atoms with Crippen molar-refractivity contribution in [2.45, 2.75) is 20.0 Å². The second-order valence-electron chi connectivity index (χ2n) is 7.94. The smallest absolute Gasteiger partial charge is 0.431 e. The van der Waals surface area contributed by atoms with Gasteiger partial charge in [0.25, 0.3) is 0 Å². The Labute approximate surface area is 203 Å². The highest BCUT2D eigenvalue weighted by atomic mass is 19.4. The molecular formula is C25H22F3N5O3. The first-order valence-corrected chi connectivity index (χ1v) is 11.5. The van der Waals surface area contributed by atoms with Crippen molar-refractivity contribution in [1.82, 2.24) is 19.9 Å². The summed E-state index contributed by atoms with van der Waals surface area (Å²) in [5.41, 5.74) is 1.39. The predicted octanol–water partition coefficient (Wildman–Crippen LogP) is 5.61. The van der Waals surface area contributed by atoms with Crippen molar-refractivity contribution in [3.05, 3.63) is 47.8 Å². The number of anilines is 1. The molecule has 1 N–H and O–H groups in total. The molecular weight excluding hydrogens is 475 g/mol. The third-order valence-corrected chi connectivity index (χ3v) is 5.83. The summed E-state index contributed by atoms with van der Waals surface area (Å²) in [4.78, 5) is 29.3. The Kier molecular flexibility index (Phi) is 6.09. The van der Waals surface area contributed by atoms with Crippen LogP contribution in [-0.4, -0.2) is 52.5 Å². The number of aromatic amines is 1. The van der Waals surface area contributed by atoms with E-state index in [2.05, 4.69) is 15.0 Å². The number of furan rings is 1. The lowest BCUT2D eigenvalue weighted by atomic mass is 10.1. The van der Waals surface area contributed by atoms with Gasteiger partial charge in [-0.3, -0.25) is 4.79 Å². The van der Waals surface area contributed by atoms with Gasteiger partial charge in [-0.15, -0.1) is 0 Å². The van der Waals surface area contributed by atoms with Crippen LogP contribution in [0.2, 0.25) is 0 Å². The van der Waals surface area contributed by atoms with Gasteiger partial charge >= 0.3 is 6.18 Å². The number of morpholine rings is 1. The zero-order valence-corrected chi connectivity index (χ0v) is 19.5. The number of carbonyl (C=O) groups is 1. The monoisotopic (exact) mass is 497 g/mol. The second kappa shape index (κ2) is 9.23. The summed E-state index contributed by atoms with van der Waals surface area (Å²) < 4.78 is 51.5. The quantitative estimate of drug-likeness (QED) is 0.324. The molecule has 6 rings (SSSR count). The molecule has 0 aliphatic carbocycles. The maximum absolute atomic E-state index is 13.4. The molecule has 1 aromatic carbocycles. The average molecular weight is 497 g/mol. The minimum absolute atomic E-state index is 0.242. The second-order valence-corrected chi connectivity index (χ2v) is 7.94. The molecule has 186 valence electrons. The summed E-state index contributed by atoms with van der Waals surface area (Å²) in [7, 11) is 0. The molecule has 1 aliphatic heterocycles. The number of halogens is 3. The number of carbonyl (C=O) groups excluding carboxylic acids is 1. The van der Waals surface area contributed by atoms with Crippen molar-refractivity contribution in [3.63, 3.8) is 0 Å². The molecule has 1 saturated heterocycles. The fourth-order valence-corrected chi connectivity index (χ4v) is 4.21. The number of nitrogens with one attached hydrogen (secondary N) is 1. The third kappa shape index (κ3) is 4.05. The van der Waals surface area contributed by atoms with E-state index in [1.165, 1.54) is 6.20 Å². The largest absolute Gasteiger partial charge is 0.432 e. The Morgan fingerprint density at radius 3 is 2.58 bits per heavy atom. The molecule has 4 aromatic heterocycles. The van der Waals surface area contributed by atoms with Crippen molar-refractivity contribution < 1.29 is 27.1 Å². The van der Waals surface area contributed by atoms with E-state index < -0.39 is 11.9 Å². The third-order valence-electron chi connectivity index (χ3n) is 5.83. The first-order chi connectivity index (χ1) is 17.4. The Morgan fingerprint density at radius 1 is 1.08 bits per heavy atom. The molecule has 5 aromatic rings. The average Bonchev–Trinajstić information content (AvgIpc) is 3.51. The van der Waals surface area contributed by atoms with Gasteiger partial charge in [-0.05, 0) is 18.2 Å². The Balaban J connectivity index is 0.00000130. The standard InChI is InChI=1S/C23H16F3N5O3.C2H6/c24-23(25,26)17-9-14-13(2-1-3-16(14)28-17)20-29-18-15-8-12(11-32)10-27-22(15)34-19(18)21(30-20)31-4-6-33-7-5-31;1-2/h1-3,8-11,28H,4-7H2;1-2H3. The number of nitrogens with zero attached hydrogens (tertiary/aromatic N) is 4. The number of hydrogen-bond acceptors (Lipinski definition) is 7. The summed E-state index contributed by atoms with van der Waals surface area (Å²) in [6, 6.07) is 7.59. The lowest BCUT2D eigenvalue weighted by Crippen LogP contribution is -2.37. The molecule has 0 saturated carbocycles. The van der Waals surface area contributed by atoms with Crippen LogP contribution in [0.4, 0.5) is 19.0 Å². The normalized spacial score (nSPS) is 14.3. The van der Waals surface area contributed by atoms with Crippen LogP contribution < -0.4 is 4.90 Å². The van der Waals surface area contributed by atoms with Crippen LogP contribution >= 0.6 is 0 Å². The van der Waals surface area contributed by atoms with E-state index in [0.717, 1.165) is 6.07 Å². The van der Waals surface area contributed by atoms with E-state index in [1.807, 2.05) is 18.7 Å². The number of ether oxygens (including phenoxy) is 1.